The lowest BCUT2D eigenvalue weighted by atomic mass is 10.1. The average molecular weight is 715 g/mol. The van der Waals surface area contributed by atoms with Gasteiger partial charge in [-0.2, -0.15) is 0 Å². The Kier molecular flexibility index (Phi) is 18.3. The molecule has 1 heterocycles. The van der Waals surface area contributed by atoms with E-state index >= 15 is 0 Å². The van der Waals surface area contributed by atoms with Crippen molar-refractivity contribution >= 4 is 30.1 Å². The summed E-state index contributed by atoms with van der Waals surface area (Å²) in [5.41, 5.74) is 0.854. The molecule has 0 saturated carbocycles. The SMILES string of the molecule is CCCCC(=O)O[C@@H]1C(COC(=O)C(CCCCNC(=O)OCc2ccccc2)NC(=O)Oc2ccccc2)OC(OC)[C@@H]1OC(=O)CCCC. The zero-order chi connectivity index (χ0) is 36.8. The number of benzene rings is 2. The summed E-state index contributed by atoms with van der Waals surface area (Å²) >= 11 is 0. The van der Waals surface area contributed by atoms with Gasteiger partial charge in [-0.3, -0.25) is 9.59 Å². The summed E-state index contributed by atoms with van der Waals surface area (Å²) in [6.07, 6.45) is -1.69. The van der Waals surface area contributed by atoms with Crippen LogP contribution in [0, 0.1) is 0 Å². The molecule has 2 N–H and O–H groups in total. The van der Waals surface area contributed by atoms with Gasteiger partial charge >= 0.3 is 30.1 Å². The first-order valence-electron chi connectivity index (χ1n) is 17.5. The van der Waals surface area contributed by atoms with Crippen molar-refractivity contribution in [2.24, 2.45) is 0 Å². The van der Waals surface area contributed by atoms with Crippen LogP contribution in [0.5, 0.6) is 5.75 Å². The summed E-state index contributed by atoms with van der Waals surface area (Å²) in [5, 5.41) is 5.22. The maximum atomic E-state index is 13.4. The molecule has 14 heteroatoms. The molecular weight excluding hydrogens is 664 g/mol. The molecule has 1 saturated heterocycles. The molecule has 5 atom stereocenters. The number of hydrogen-bond acceptors (Lipinski definition) is 12. The lowest BCUT2D eigenvalue weighted by Gasteiger charge is -2.24. The Morgan fingerprint density at radius 2 is 1.39 bits per heavy atom. The van der Waals surface area contributed by atoms with E-state index in [-0.39, 0.29) is 38.2 Å². The number of rotatable bonds is 21. The van der Waals surface area contributed by atoms with E-state index in [9.17, 15) is 24.0 Å². The van der Waals surface area contributed by atoms with Crippen molar-refractivity contribution in [2.75, 3.05) is 20.3 Å². The molecule has 0 spiro atoms. The molecule has 0 aliphatic carbocycles. The van der Waals surface area contributed by atoms with Gasteiger partial charge in [-0.15, -0.1) is 0 Å². The third-order valence-electron chi connectivity index (χ3n) is 7.83. The highest BCUT2D eigenvalue weighted by molar-refractivity contribution is 5.82. The number of ether oxygens (including phenoxy) is 7. The molecule has 3 unspecified atom stereocenters. The number of carbonyl (C=O) groups is 5. The Morgan fingerprint density at radius 1 is 0.765 bits per heavy atom. The number of nitrogens with one attached hydrogen (secondary N) is 2. The molecule has 51 heavy (non-hydrogen) atoms. The third kappa shape index (κ3) is 15.0. The number of methoxy groups -OCH3 is 1. The van der Waals surface area contributed by atoms with Gasteiger partial charge in [0.1, 0.15) is 31.1 Å². The minimum absolute atomic E-state index is 0.130. The summed E-state index contributed by atoms with van der Waals surface area (Å²) in [6, 6.07) is 16.5. The molecule has 14 nitrogen and oxygen atoms in total. The maximum Gasteiger partial charge on any atom is 0.413 e. The molecule has 1 aliphatic heterocycles. The van der Waals surface area contributed by atoms with Crippen LogP contribution in [-0.2, 0) is 49.4 Å². The van der Waals surface area contributed by atoms with Crippen LogP contribution in [0.2, 0.25) is 0 Å². The van der Waals surface area contributed by atoms with E-state index in [1.165, 1.54) is 7.11 Å². The van der Waals surface area contributed by atoms with Gasteiger partial charge in [0.05, 0.1) is 0 Å². The fourth-order valence-electron chi connectivity index (χ4n) is 5.07. The number of carbonyl (C=O) groups excluding carboxylic acids is 5. The fraction of sp³-hybridized carbons (Fsp3) is 0.541. The quantitative estimate of drug-likeness (QED) is 0.0964. The second kappa shape index (κ2) is 22.9. The van der Waals surface area contributed by atoms with E-state index in [0.29, 0.717) is 25.7 Å². The summed E-state index contributed by atoms with van der Waals surface area (Å²) in [4.78, 5) is 63.5. The standard InChI is InChI=1S/C37H50N2O12/c1-4-6-21-30(40)50-32-29(49-35(45-3)33(32)51-31(41)22-7-5-2)25-46-34(42)28(39-37(44)48-27-18-12-9-13-19-27)20-14-15-23-38-36(43)47-24-26-16-10-8-11-17-26/h8-13,16-19,28-29,32-33,35H,4-7,14-15,20-25H2,1-3H3,(H,38,43)(H,39,44)/t28?,29?,32-,33-,35?/m1/s1. The first-order valence-corrected chi connectivity index (χ1v) is 17.5. The molecule has 0 radical (unpaired) electrons. The highest BCUT2D eigenvalue weighted by Gasteiger charge is 2.50. The number of amides is 2. The summed E-state index contributed by atoms with van der Waals surface area (Å²) in [5.74, 6) is -1.54. The van der Waals surface area contributed by atoms with Crippen LogP contribution in [0.25, 0.3) is 0 Å². The number of alkyl carbamates (subject to hydrolysis) is 1. The molecule has 0 bridgehead atoms. The highest BCUT2D eigenvalue weighted by atomic mass is 16.7. The van der Waals surface area contributed by atoms with Crippen LogP contribution in [0.4, 0.5) is 9.59 Å². The van der Waals surface area contributed by atoms with Crippen molar-refractivity contribution in [2.45, 2.75) is 109 Å². The van der Waals surface area contributed by atoms with Crippen molar-refractivity contribution in [3.05, 3.63) is 66.2 Å². The second-order valence-corrected chi connectivity index (χ2v) is 11.9. The van der Waals surface area contributed by atoms with Gasteiger partial charge in [0.25, 0.3) is 0 Å². The predicted octanol–water partition coefficient (Wildman–Crippen LogP) is 5.36. The average Bonchev–Trinajstić information content (AvgIpc) is 3.46. The largest absolute Gasteiger partial charge is 0.461 e. The lowest BCUT2D eigenvalue weighted by molar-refractivity contribution is -0.184. The molecule has 2 aromatic carbocycles. The summed E-state index contributed by atoms with van der Waals surface area (Å²) in [6.45, 7) is 3.88. The van der Waals surface area contributed by atoms with Gasteiger partial charge in [-0.1, -0.05) is 75.2 Å². The Morgan fingerprint density at radius 3 is 2.02 bits per heavy atom. The van der Waals surface area contributed by atoms with Crippen molar-refractivity contribution in [3.8, 4) is 5.75 Å². The number of unbranched alkanes of at least 4 members (excludes halogenated alkanes) is 3. The second-order valence-electron chi connectivity index (χ2n) is 11.9. The Bertz CT molecular complexity index is 1360. The topological polar surface area (TPSA) is 174 Å². The van der Waals surface area contributed by atoms with Gasteiger partial charge in [-0.05, 0) is 49.8 Å². The van der Waals surface area contributed by atoms with Gasteiger partial charge in [-0.25, -0.2) is 14.4 Å². The third-order valence-corrected chi connectivity index (χ3v) is 7.83. The van der Waals surface area contributed by atoms with Crippen LogP contribution in [-0.4, -0.2) is 81.0 Å². The first-order chi connectivity index (χ1) is 24.7. The molecule has 0 aromatic heterocycles. The van der Waals surface area contributed by atoms with Crippen LogP contribution in [0.1, 0.15) is 77.2 Å². The Balaban J connectivity index is 1.62. The fourth-order valence-corrected chi connectivity index (χ4v) is 5.07. The van der Waals surface area contributed by atoms with Gasteiger partial charge in [0, 0.05) is 26.5 Å². The zero-order valence-electron chi connectivity index (χ0n) is 29.5. The summed E-state index contributed by atoms with van der Waals surface area (Å²) in [7, 11) is 1.36. The Hall–Kier alpha value is -4.69. The van der Waals surface area contributed by atoms with E-state index in [2.05, 4.69) is 10.6 Å². The van der Waals surface area contributed by atoms with E-state index in [1.54, 1.807) is 30.3 Å². The van der Waals surface area contributed by atoms with Crippen molar-refractivity contribution in [1.29, 1.82) is 0 Å². The van der Waals surface area contributed by atoms with Crippen LogP contribution < -0.4 is 15.4 Å². The van der Waals surface area contributed by atoms with Crippen molar-refractivity contribution < 1.29 is 57.1 Å². The van der Waals surface area contributed by atoms with Gasteiger partial charge in [0.2, 0.25) is 0 Å². The molecule has 280 valence electrons. The zero-order valence-corrected chi connectivity index (χ0v) is 29.5. The highest BCUT2D eigenvalue weighted by Crippen LogP contribution is 2.29. The summed E-state index contributed by atoms with van der Waals surface area (Å²) < 4.78 is 38.8. The van der Waals surface area contributed by atoms with E-state index in [0.717, 1.165) is 18.4 Å². The molecule has 1 fully saturated rings. The number of para-hydroxylation sites is 1. The minimum atomic E-state index is -1.14. The van der Waals surface area contributed by atoms with E-state index in [1.807, 2.05) is 44.2 Å². The van der Waals surface area contributed by atoms with E-state index < -0.39 is 67.3 Å². The molecular formula is C37H50N2O12. The predicted molar refractivity (Wildman–Crippen MR) is 183 cm³/mol. The van der Waals surface area contributed by atoms with Crippen LogP contribution in [0.15, 0.2) is 60.7 Å². The van der Waals surface area contributed by atoms with Crippen LogP contribution in [0.3, 0.4) is 0 Å². The maximum absolute atomic E-state index is 13.4. The number of esters is 3. The number of hydrogen-bond donors (Lipinski definition) is 2. The van der Waals surface area contributed by atoms with Gasteiger partial charge in [0.15, 0.2) is 18.5 Å². The minimum Gasteiger partial charge on any atom is -0.461 e. The van der Waals surface area contributed by atoms with Crippen LogP contribution >= 0.6 is 0 Å². The normalized spacial score (nSPS) is 18.6. The van der Waals surface area contributed by atoms with E-state index in [4.69, 9.17) is 33.2 Å². The Labute approximate surface area is 298 Å². The molecule has 2 amide bonds. The lowest BCUT2D eigenvalue weighted by Crippen LogP contribution is -2.45. The molecule has 3 rings (SSSR count). The molecule has 2 aromatic rings. The van der Waals surface area contributed by atoms with Gasteiger partial charge < -0.3 is 43.8 Å². The smallest absolute Gasteiger partial charge is 0.413 e. The monoisotopic (exact) mass is 714 g/mol. The first kappa shape index (κ1) is 40.7. The van der Waals surface area contributed by atoms with Crippen molar-refractivity contribution in [3.63, 3.8) is 0 Å². The van der Waals surface area contributed by atoms with Crippen molar-refractivity contribution in [1.82, 2.24) is 10.6 Å². The molecule has 1 aliphatic rings.